The lowest BCUT2D eigenvalue weighted by Gasteiger charge is -2.32. The van der Waals surface area contributed by atoms with Crippen molar-refractivity contribution in [1.29, 1.82) is 0 Å². The quantitative estimate of drug-likeness (QED) is 0.400. The number of carbonyl (C=O) groups excluding carboxylic acids is 1. The van der Waals surface area contributed by atoms with Gasteiger partial charge in [0.05, 0.1) is 5.56 Å². The standard InChI is InChI=1S/C27H26N2O4/c1-19-26(27(30)29-15-11-22(12-16-29)33-21-9-13-28-14-10-21)24-17-23(7-8-25(24)32-19)31-18-20-5-3-2-4-6-20/h2-10,13-14,17,22H,11-12,15-16,18H2,1H3. The first-order valence-electron chi connectivity index (χ1n) is 11.2. The third-order valence-electron chi connectivity index (χ3n) is 5.98. The summed E-state index contributed by atoms with van der Waals surface area (Å²) in [4.78, 5) is 19.3. The Balaban J connectivity index is 1.28. The van der Waals surface area contributed by atoms with Gasteiger partial charge in [-0.1, -0.05) is 30.3 Å². The van der Waals surface area contributed by atoms with E-state index in [2.05, 4.69) is 4.98 Å². The van der Waals surface area contributed by atoms with Crippen LogP contribution >= 0.6 is 0 Å². The number of rotatable bonds is 6. The number of carbonyl (C=O) groups is 1. The van der Waals surface area contributed by atoms with Gasteiger partial charge in [0.1, 0.15) is 35.6 Å². The molecule has 5 rings (SSSR count). The smallest absolute Gasteiger partial charge is 0.258 e. The largest absolute Gasteiger partial charge is 0.490 e. The molecule has 0 bridgehead atoms. The molecule has 0 radical (unpaired) electrons. The number of aromatic nitrogens is 1. The molecule has 2 aromatic carbocycles. The molecule has 2 aromatic heterocycles. The summed E-state index contributed by atoms with van der Waals surface area (Å²) in [6.45, 7) is 3.60. The van der Waals surface area contributed by atoms with Crippen molar-refractivity contribution in [1.82, 2.24) is 9.88 Å². The Labute approximate surface area is 192 Å². The predicted octanol–water partition coefficient (Wildman–Crippen LogP) is 5.40. The number of likely N-dealkylation sites (tertiary alicyclic amines) is 1. The van der Waals surface area contributed by atoms with Crippen molar-refractivity contribution >= 4 is 16.9 Å². The number of hydrogen-bond donors (Lipinski definition) is 0. The van der Waals surface area contributed by atoms with E-state index in [0.29, 0.717) is 42.4 Å². The van der Waals surface area contributed by atoms with Gasteiger partial charge in [-0.25, -0.2) is 0 Å². The molecule has 3 heterocycles. The molecule has 1 fully saturated rings. The van der Waals surface area contributed by atoms with Crippen LogP contribution in [0.25, 0.3) is 11.0 Å². The summed E-state index contributed by atoms with van der Waals surface area (Å²) < 4.78 is 17.9. The predicted molar refractivity (Wildman–Crippen MR) is 126 cm³/mol. The van der Waals surface area contributed by atoms with Gasteiger partial charge in [0.15, 0.2) is 0 Å². The Bertz CT molecular complexity index is 1230. The number of pyridine rings is 1. The van der Waals surface area contributed by atoms with E-state index >= 15 is 0 Å². The number of fused-ring (bicyclic) bond motifs is 1. The molecule has 0 unspecified atom stereocenters. The monoisotopic (exact) mass is 442 g/mol. The van der Waals surface area contributed by atoms with E-state index in [1.807, 2.05) is 72.5 Å². The van der Waals surface area contributed by atoms with Crippen LogP contribution in [-0.4, -0.2) is 35.0 Å². The number of piperidine rings is 1. The zero-order valence-electron chi connectivity index (χ0n) is 18.6. The van der Waals surface area contributed by atoms with Crippen LogP contribution in [0.1, 0.15) is 34.5 Å². The van der Waals surface area contributed by atoms with Crippen LogP contribution in [0.4, 0.5) is 0 Å². The van der Waals surface area contributed by atoms with E-state index < -0.39 is 0 Å². The topological polar surface area (TPSA) is 64.8 Å². The Hall–Kier alpha value is -3.80. The average molecular weight is 443 g/mol. The molecule has 0 saturated carbocycles. The summed E-state index contributed by atoms with van der Waals surface area (Å²) >= 11 is 0. The second-order valence-corrected chi connectivity index (χ2v) is 8.26. The van der Waals surface area contributed by atoms with Crippen LogP contribution < -0.4 is 9.47 Å². The fourth-order valence-electron chi connectivity index (χ4n) is 4.24. The number of furan rings is 1. The highest BCUT2D eigenvalue weighted by molar-refractivity contribution is 6.07. The van der Waals surface area contributed by atoms with Crippen LogP contribution in [0.3, 0.4) is 0 Å². The molecule has 6 heteroatoms. The minimum atomic E-state index is -0.00572. The Morgan fingerprint density at radius 1 is 1.03 bits per heavy atom. The van der Waals surface area contributed by atoms with Crippen LogP contribution in [0.5, 0.6) is 11.5 Å². The van der Waals surface area contributed by atoms with Gasteiger partial charge in [-0.05, 0) is 42.8 Å². The second kappa shape index (κ2) is 9.36. The third kappa shape index (κ3) is 4.70. The van der Waals surface area contributed by atoms with Gasteiger partial charge < -0.3 is 18.8 Å². The third-order valence-corrected chi connectivity index (χ3v) is 5.98. The SMILES string of the molecule is Cc1oc2ccc(OCc3ccccc3)cc2c1C(=O)N1CCC(Oc2ccncc2)CC1. The fourth-order valence-corrected chi connectivity index (χ4v) is 4.24. The summed E-state index contributed by atoms with van der Waals surface area (Å²) in [6.07, 6.45) is 5.11. The molecule has 1 aliphatic rings. The molecule has 33 heavy (non-hydrogen) atoms. The highest BCUT2D eigenvalue weighted by atomic mass is 16.5. The summed E-state index contributed by atoms with van der Waals surface area (Å²) in [5, 5.41) is 0.790. The highest BCUT2D eigenvalue weighted by Gasteiger charge is 2.28. The second-order valence-electron chi connectivity index (χ2n) is 8.26. The van der Waals surface area contributed by atoms with Crippen molar-refractivity contribution in [2.75, 3.05) is 13.1 Å². The minimum Gasteiger partial charge on any atom is -0.490 e. The molecule has 0 spiro atoms. The lowest BCUT2D eigenvalue weighted by Crippen LogP contribution is -2.41. The lowest BCUT2D eigenvalue weighted by atomic mass is 10.0. The summed E-state index contributed by atoms with van der Waals surface area (Å²) in [5.41, 5.74) is 2.40. The van der Waals surface area contributed by atoms with Gasteiger partial charge in [-0.2, -0.15) is 0 Å². The Morgan fingerprint density at radius 2 is 1.79 bits per heavy atom. The van der Waals surface area contributed by atoms with E-state index in [-0.39, 0.29) is 12.0 Å². The van der Waals surface area contributed by atoms with E-state index in [1.54, 1.807) is 12.4 Å². The van der Waals surface area contributed by atoms with E-state index in [4.69, 9.17) is 13.9 Å². The molecule has 0 atom stereocenters. The highest BCUT2D eigenvalue weighted by Crippen LogP contribution is 2.31. The number of nitrogens with zero attached hydrogens (tertiary/aromatic N) is 2. The molecule has 1 saturated heterocycles. The summed E-state index contributed by atoms with van der Waals surface area (Å²) in [7, 11) is 0. The van der Waals surface area contributed by atoms with Crippen molar-refractivity contribution in [3.05, 3.63) is 89.9 Å². The number of ether oxygens (including phenoxy) is 2. The van der Waals surface area contributed by atoms with Crippen molar-refractivity contribution in [2.45, 2.75) is 32.5 Å². The molecule has 6 nitrogen and oxygen atoms in total. The van der Waals surface area contributed by atoms with Crippen molar-refractivity contribution in [3.63, 3.8) is 0 Å². The molecule has 1 aliphatic heterocycles. The molecule has 1 amide bonds. The van der Waals surface area contributed by atoms with Crippen LogP contribution in [0.15, 0.2) is 77.5 Å². The Morgan fingerprint density at radius 3 is 2.55 bits per heavy atom. The maximum Gasteiger partial charge on any atom is 0.258 e. The molecule has 4 aromatic rings. The molecule has 0 N–H and O–H groups in total. The fraction of sp³-hybridized carbons (Fsp3) is 0.259. The maximum atomic E-state index is 13.4. The van der Waals surface area contributed by atoms with Gasteiger partial charge in [-0.15, -0.1) is 0 Å². The van der Waals surface area contributed by atoms with E-state index in [0.717, 1.165) is 29.5 Å². The van der Waals surface area contributed by atoms with Crippen LogP contribution in [0.2, 0.25) is 0 Å². The molecular weight excluding hydrogens is 416 g/mol. The zero-order chi connectivity index (χ0) is 22.6. The normalized spacial score (nSPS) is 14.4. The summed E-state index contributed by atoms with van der Waals surface area (Å²) in [6, 6.07) is 19.4. The first-order chi connectivity index (χ1) is 16.2. The van der Waals surface area contributed by atoms with E-state index in [1.165, 1.54) is 0 Å². The van der Waals surface area contributed by atoms with Crippen LogP contribution in [0, 0.1) is 6.92 Å². The maximum absolute atomic E-state index is 13.4. The van der Waals surface area contributed by atoms with Gasteiger partial charge >= 0.3 is 0 Å². The van der Waals surface area contributed by atoms with Gasteiger partial charge in [0.2, 0.25) is 0 Å². The van der Waals surface area contributed by atoms with Crippen LogP contribution in [-0.2, 0) is 6.61 Å². The van der Waals surface area contributed by atoms with Gasteiger partial charge in [0, 0.05) is 43.7 Å². The molecule has 168 valence electrons. The molecule has 0 aliphatic carbocycles. The number of aryl methyl sites for hydroxylation is 1. The summed E-state index contributed by atoms with van der Waals surface area (Å²) in [5.74, 6) is 2.15. The average Bonchev–Trinajstić information content (AvgIpc) is 3.19. The van der Waals surface area contributed by atoms with Crippen molar-refractivity contribution < 1.29 is 18.7 Å². The zero-order valence-corrected chi connectivity index (χ0v) is 18.6. The number of amides is 1. The minimum absolute atomic E-state index is 0.00572. The van der Waals surface area contributed by atoms with Crippen molar-refractivity contribution in [3.8, 4) is 11.5 Å². The van der Waals surface area contributed by atoms with E-state index in [9.17, 15) is 4.79 Å². The van der Waals surface area contributed by atoms with Crippen molar-refractivity contribution in [2.24, 2.45) is 0 Å². The Kier molecular flexibility index (Phi) is 5.98. The number of hydrogen-bond acceptors (Lipinski definition) is 5. The van der Waals surface area contributed by atoms with Gasteiger partial charge in [-0.3, -0.25) is 9.78 Å². The van der Waals surface area contributed by atoms with Gasteiger partial charge in [0.25, 0.3) is 5.91 Å². The molecular formula is C27H26N2O4. The first kappa shape index (κ1) is 21.1. The number of benzene rings is 2. The lowest BCUT2D eigenvalue weighted by molar-refractivity contribution is 0.0595. The first-order valence-corrected chi connectivity index (χ1v) is 11.2.